The van der Waals surface area contributed by atoms with Gasteiger partial charge in [0.2, 0.25) is 5.91 Å². The first-order valence-electron chi connectivity index (χ1n) is 6.02. The molecule has 3 rings (SSSR count). The second-order valence-electron chi connectivity index (χ2n) is 4.30. The van der Waals surface area contributed by atoms with E-state index in [1.165, 1.54) is 6.92 Å². The number of carbonyl (C=O) groups is 1. The van der Waals surface area contributed by atoms with Gasteiger partial charge in [-0.05, 0) is 15.9 Å². The Morgan fingerprint density at radius 2 is 2.05 bits per heavy atom. The van der Waals surface area contributed by atoms with E-state index in [0.29, 0.717) is 11.5 Å². The molecule has 0 saturated carbocycles. The van der Waals surface area contributed by atoms with Crippen molar-refractivity contribution in [1.29, 1.82) is 0 Å². The number of amides is 1. The fourth-order valence-corrected chi connectivity index (χ4v) is 2.33. The molecule has 0 atom stereocenters. The van der Waals surface area contributed by atoms with Gasteiger partial charge in [-0.15, -0.1) is 0 Å². The van der Waals surface area contributed by atoms with E-state index in [4.69, 9.17) is 0 Å². The van der Waals surface area contributed by atoms with Crippen LogP contribution in [0.1, 0.15) is 6.92 Å². The summed E-state index contributed by atoms with van der Waals surface area (Å²) in [6.07, 6.45) is 3.56. The number of aromatic nitrogens is 3. The highest BCUT2D eigenvalue weighted by atomic mass is 79.9. The first-order chi connectivity index (χ1) is 9.65. The lowest BCUT2D eigenvalue weighted by atomic mass is 10.2. The molecule has 100 valence electrons. The Kier molecular flexibility index (Phi) is 3.23. The number of benzene rings is 1. The second-order valence-corrected chi connectivity index (χ2v) is 5.11. The highest BCUT2D eigenvalue weighted by molar-refractivity contribution is 9.10. The molecular formula is C14H11BrN4O. The van der Waals surface area contributed by atoms with Gasteiger partial charge >= 0.3 is 0 Å². The topological polar surface area (TPSA) is 59.3 Å². The highest BCUT2D eigenvalue weighted by Gasteiger charge is 2.12. The Balaban J connectivity index is 2.24. The number of nitrogens with one attached hydrogen (secondary N) is 1. The molecule has 2 heterocycles. The Morgan fingerprint density at radius 3 is 2.75 bits per heavy atom. The summed E-state index contributed by atoms with van der Waals surface area (Å²) in [7, 11) is 0. The Morgan fingerprint density at radius 1 is 1.30 bits per heavy atom. The molecule has 5 nitrogen and oxygen atoms in total. The maximum atomic E-state index is 11.3. The molecule has 6 heteroatoms. The molecule has 0 radical (unpaired) electrons. The van der Waals surface area contributed by atoms with Gasteiger partial charge in [0.15, 0.2) is 11.5 Å². The Hall–Kier alpha value is -2.21. The number of halogens is 1. The molecule has 0 fully saturated rings. The Bertz CT molecular complexity index is 782. The van der Waals surface area contributed by atoms with Crippen molar-refractivity contribution in [3.8, 4) is 11.3 Å². The van der Waals surface area contributed by atoms with Crippen LogP contribution in [0.25, 0.3) is 16.9 Å². The summed E-state index contributed by atoms with van der Waals surface area (Å²) in [6.45, 7) is 1.45. The van der Waals surface area contributed by atoms with Gasteiger partial charge in [0.1, 0.15) is 4.60 Å². The normalized spacial score (nSPS) is 10.7. The zero-order chi connectivity index (χ0) is 14.1. The van der Waals surface area contributed by atoms with Gasteiger partial charge in [0.05, 0.1) is 11.9 Å². The minimum absolute atomic E-state index is 0.177. The van der Waals surface area contributed by atoms with Gasteiger partial charge < -0.3 is 5.32 Å². The van der Waals surface area contributed by atoms with E-state index in [1.54, 1.807) is 6.20 Å². The van der Waals surface area contributed by atoms with Crippen LogP contribution < -0.4 is 5.32 Å². The zero-order valence-electron chi connectivity index (χ0n) is 10.7. The van der Waals surface area contributed by atoms with Crippen LogP contribution >= 0.6 is 15.9 Å². The van der Waals surface area contributed by atoms with E-state index >= 15 is 0 Å². The van der Waals surface area contributed by atoms with Crippen LogP contribution in [0.15, 0.2) is 47.3 Å². The summed E-state index contributed by atoms with van der Waals surface area (Å²) in [4.78, 5) is 20.0. The van der Waals surface area contributed by atoms with Gasteiger partial charge in [-0.3, -0.25) is 9.20 Å². The lowest BCUT2D eigenvalue weighted by Crippen LogP contribution is -2.10. The Labute approximate surface area is 123 Å². The molecule has 1 N–H and O–H groups in total. The number of rotatable bonds is 2. The molecular weight excluding hydrogens is 320 g/mol. The molecule has 0 aliphatic rings. The van der Waals surface area contributed by atoms with Gasteiger partial charge in [0, 0.05) is 18.7 Å². The summed E-state index contributed by atoms with van der Waals surface area (Å²) in [5.74, 6) is 0.272. The van der Waals surface area contributed by atoms with E-state index in [-0.39, 0.29) is 5.91 Å². The van der Waals surface area contributed by atoms with Crippen molar-refractivity contribution in [2.75, 3.05) is 5.32 Å². The van der Waals surface area contributed by atoms with Gasteiger partial charge in [-0.25, -0.2) is 9.97 Å². The number of anilines is 1. The van der Waals surface area contributed by atoms with Gasteiger partial charge in [-0.2, -0.15) is 0 Å². The molecule has 0 unspecified atom stereocenters. The predicted octanol–water partition coefficient (Wildman–Crippen LogP) is 3.12. The minimum Gasteiger partial charge on any atom is -0.308 e. The largest absolute Gasteiger partial charge is 0.308 e. The molecule has 20 heavy (non-hydrogen) atoms. The number of nitrogens with zero attached hydrogens (tertiary/aromatic N) is 3. The second kappa shape index (κ2) is 5.05. The lowest BCUT2D eigenvalue weighted by molar-refractivity contribution is -0.114. The fraction of sp³-hybridized carbons (Fsp3) is 0.0714. The zero-order valence-corrected chi connectivity index (χ0v) is 12.3. The summed E-state index contributed by atoms with van der Waals surface area (Å²) in [5.41, 5.74) is 2.34. The number of hydrogen-bond acceptors (Lipinski definition) is 3. The van der Waals surface area contributed by atoms with Gasteiger partial charge in [0.25, 0.3) is 0 Å². The maximum absolute atomic E-state index is 11.3. The number of fused-ring (bicyclic) bond motifs is 1. The van der Waals surface area contributed by atoms with E-state index in [2.05, 4.69) is 31.2 Å². The van der Waals surface area contributed by atoms with Crippen molar-refractivity contribution in [2.45, 2.75) is 6.92 Å². The van der Waals surface area contributed by atoms with Crippen molar-refractivity contribution in [2.24, 2.45) is 0 Å². The van der Waals surface area contributed by atoms with E-state index in [1.807, 2.05) is 40.9 Å². The monoisotopic (exact) mass is 330 g/mol. The molecule has 0 bridgehead atoms. The molecule has 1 aromatic carbocycles. The summed E-state index contributed by atoms with van der Waals surface area (Å²) < 4.78 is 2.65. The SMILES string of the molecule is CC(=O)Nc1nc(-c2ccccc2)cn2c(Br)cnc12. The maximum Gasteiger partial charge on any atom is 0.222 e. The van der Waals surface area contributed by atoms with Crippen LogP contribution in [-0.2, 0) is 4.79 Å². The molecule has 0 saturated heterocycles. The standard InChI is InChI=1S/C14H11BrN4O/c1-9(20)17-13-14-16-7-12(15)19(14)8-11(18-13)10-5-3-2-4-6-10/h2-8H,1H3,(H,17,18,20). The molecule has 2 aromatic heterocycles. The first-order valence-corrected chi connectivity index (χ1v) is 6.81. The van der Waals surface area contributed by atoms with Crippen molar-refractivity contribution < 1.29 is 4.79 Å². The predicted molar refractivity (Wildman–Crippen MR) is 80.4 cm³/mol. The first kappa shape index (κ1) is 12.8. The van der Waals surface area contributed by atoms with Crippen molar-refractivity contribution in [3.05, 3.63) is 47.3 Å². The number of hydrogen-bond donors (Lipinski definition) is 1. The minimum atomic E-state index is -0.177. The quantitative estimate of drug-likeness (QED) is 0.785. The third kappa shape index (κ3) is 2.30. The van der Waals surface area contributed by atoms with Crippen LogP contribution in [0, 0.1) is 0 Å². The molecule has 0 aliphatic heterocycles. The third-order valence-corrected chi connectivity index (χ3v) is 3.40. The van der Waals surface area contributed by atoms with Gasteiger partial charge in [-0.1, -0.05) is 30.3 Å². The molecule has 0 spiro atoms. The summed E-state index contributed by atoms with van der Waals surface area (Å²) >= 11 is 3.43. The molecule has 1 amide bonds. The smallest absolute Gasteiger partial charge is 0.222 e. The van der Waals surface area contributed by atoms with Crippen LogP contribution in [-0.4, -0.2) is 20.3 Å². The molecule has 0 aliphatic carbocycles. The molecule has 3 aromatic rings. The van der Waals surface area contributed by atoms with E-state index < -0.39 is 0 Å². The van der Waals surface area contributed by atoms with Crippen molar-refractivity contribution in [1.82, 2.24) is 14.4 Å². The summed E-state index contributed by atoms with van der Waals surface area (Å²) in [5, 5.41) is 2.72. The average molecular weight is 331 g/mol. The third-order valence-electron chi connectivity index (χ3n) is 2.81. The van der Waals surface area contributed by atoms with E-state index in [9.17, 15) is 4.79 Å². The lowest BCUT2D eigenvalue weighted by Gasteiger charge is -2.08. The number of imidazole rings is 1. The van der Waals surface area contributed by atoms with Crippen LogP contribution in [0.5, 0.6) is 0 Å². The highest BCUT2D eigenvalue weighted by Crippen LogP contribution is 2.24. The van der Waals surface area contributed by atoms with Crippen LogP contribution in [0.4, 0.5) is 5.82 Å². The number of carbonyl (C=O) groups excluding carboxylic acids is 1. The van der Waals surface area contributed by atoms with Crippen molar-refractivity contribution >= 4 is 33.3 Å². The van der Waals surface area contributed by atoms with E-state index in [0.717, 1.165) is 15.9 Å². The van der Waals surface area contributed by atoms with Crippen LogP contribution in [0.3, 0.4) is 0 Å². The fourth-order valence-electron chi connectivity index (χ4n) is 1.96. The van der Waals surface area contributed by atoms with Crippen LogP contribution in [0.2, 0.25) is 0 Å². The average Bonchev–Trinajstić information content (AvgIpc) is 2.81. The van der Waals surface area contributed by atoms with Crippen molar-refractivity contribution in [3.63, 3.8) is 0 Å². The summed E-state index contributed by atoms with van der Waals surface area (Å²) in [6, 6.07) is 9.78.